The highest BCUT2D eigenvalue weighted by molar-refractivity contribution is 7.80. The second-order valence-corrected chi connectivity index (χ2v) is 7.33. The second kappa shape index (κ2) is 8.67. The number of ether oxygens (including phenoxy) is 1. The smallest absolute Gasteiger partial charge is 0.173 e. The highest BCUT2D eigenvalue weighted by Gasteiger charge is 2.36. The zero-order valence-electron chi connectivity index (χ0n) is 15.7. The Morgan fingerprint density at radius 2 is 1.96 bits per heavy atom. The summed E-state index contributed by atoms with van der Waals surface area (Å²) < 4.78 is 5.75. The van der Waals surface area contributed by atoms with Crippen molar-refractivity contribution in [1.82, 2.24) is 10.2 Å². The Kier molecular flexibility index (Phi) is 6.30. The number of ketones is 1. The van der Waals surface area contributed by atoms with Crippen LogP contribution in [0.5, 0.6) is 5.75 Å². The molecule has 0 spiro atoms. The van der Waals surface area contributed by atoms with Gasteiger partial charge in [-0.2, -0.15) is 0 Å². The van der Waals surface area contributed by atoms with Crippen LogP contribution in [0.4, 0.5) is 0 Å². The summed E-state index contributed by atoms with van der Waals surface area (Å²) in [5.41, 5.74) is 3.09. The highest BCUT2D eigenvalue weighted by atomic mass is 32.1. The number of Topliss-reactive ketones (excluding diaryl/α,β-unsaturated/α-hetero) is 1. The molecule has 1 aliphatic carbocycles. The monoisotopic (exact) mass is 372 g/mol. The predicted molar refractivity (Wildman–Crippen MR) is 108 cm³/mol. The van der Waals surface area contributed by atoms with Crippen LogP contribution in [-0.2, 0) is 4.79 Å². The Balaban J connectivity index is 1.87. The second-order valence-electron chi connectivity index (χ2n) is 6.94. The van der Waals surface area contributed by atoms with Crippen molar-refractivity contribution in [3.8, 4) is 5.75 Å². The van der Waals surface area contributed by atoms with Crippen molar-refractivity contribution in [2.75, 3.05) is 13.2 Å². The number of allylic oxidation sites excluding steroid dienone is 1. The van der Waals surface area contributed by atoms with Crippen LogP contribution in [0.25, 0.3) is 0 Å². The van der Waals surface area contributed by atoms with Crippen LogP contribution in [0.1, 0.15) is 64.0 Å². The Morgan fingerprint density at radius 3 is 2.65 bits per heavy atom. The van der Waals surface area contributed by atoms with Gasteiger partial charge in [-0.05, 0) is 55.6 Å². The van der Waals surface area contributed by atoms with Crippen molar-refractivity contribution >= 4 is 23.1 Å². The van der Waals surface area contributed by atoms with Gasteiger partial charge >= 0.3 is 0 Å². The summed E-state index contributed by atoms with van der Waals surface area (Å²) in [7, 11) is 0. The van der Waals surface area contributed by atoms with E-state index in [9.17, 15) is 4.79 Å². The first-order valence-corrected chi connectivity index (χ1v) is 10.1. The molecule has 5 heteroatoms. The zero-order valence-corrected chi connectivity index (χ0v) is 16.5. The molecule has 0 amide bonds. The third kappa shape index (κ3) is 3.93. The normalized spacial score (nSPS) is 20.1. The number of carbonyl (C=O) groups excluding carboxylic acids is 1. The van der Waals surface area contributed by atoms with E-state index in [4.69, 9.17) is 17.0 Å². The molecule has 2 aliphatic rings. The number of nitrogens with zero attached hydrogens (tertiary/aromatic N) is 1. The van der Waals surface area contributed by atoms with E-state index in [1.807, 2.05) is 24.3 Å². The van der Waals surface area contributed by atoms with Crippen molar-refractivity contribution in [1.29, 1.82) is 0 Å². The van der Waals surface area contributed by atoms with Gasteiger partial charge < -0.3 is 15.0 Å². The fourth-order valence-corrected chi connectivity index (χ4v) is 3.97. The molecule has 3 rings (SSSR count). The summed E-state index contributed by atoms with van der Waals surface area (Å²) in [5.74, 6) is 1.12. The third-order valence-electron chi connectivity index (χ3n) is 4.98. The molecule has 1 aromatic rings. The van der Waals surface area contributed by atoms with Crippen LogP contribution in [-0.4, -0.2) is 28.9 Å². The fourth-order valence-electron chi connectivity index (χ4n) is 3.65. The molecular weight excluding hydrogens is 344 g/mol. The quantitative estimate of drug-likeness (QED) is 0.563. The van der Waals surface area contributed by atoms with E-state index in [-0.39, 0.29) is 11.8 Å². The number of nitrogens with one attached hydrogen (secondary N) is 1. The van der Waals surface area contributed by atoms with Crippen molar-refractivity contribution in [2.45, 2.75) is 58.4 Å². The van der Waals surface area contributed by atoms with Crippen molar-refractivity contribution < 1.29 is 9.53 Å². The number of unbranched alkanes of at least 4 members (excludes halogenated alkanes) is 1. The van der Waals surface area contributed by atoms with E-state index in [1.165, 1.54) is 0 Å². The molecule has 0 bridgehead atoms. The minimum absolute atomic E-state index is 0.150. The Labute approximate surface area is 161 Å². The lowest BCUT2D eigenvalue weighted by molar-refractivity contribution is -0.116. The lowest BCUT2D eigenvalue weighted by Gasteiger charge is -2.41. The number of thiocarbonyl (C=S) groups is 1. The lowest BCUT2D eigenvalue weighted by atomic mass is 9.85. The fraction of sp³-hybridized carbons (Fsp3) is 0.524. The van der Waals surface area contributed by atoms with Crippen LogP contribution in [0.2, 0.25) is 0 Å². The van der Waals surface area contributed by atoms with E-state index < -0.39 is 0 Å². The van der Waals surface area contributed by atoms with E-state index >= 15 is 0 Å². The SMILES string of the molecule is CCCCOc1ccc(C2NC(=S)N(CCC)C3=C2C(=O)CCC3)cc1. The molecule has 0 saturated carbocycles. The minimum atomic E-state index is -0.150. The lowest BCUT2D eigenvalue weighted by Crippen LogP contribution is -2.49. The minimum Gasteiger partial charge on any atom is -0.494 e. The molecule has 4 nitrogen and oxygen atoms in total. The summed E-state index contributed by atoms with van der Waals surface area (Å²) in [6.45, 7) is 5.88. The molecule has 0 radical (unpaired) electrons. The topological polar surface area (TPSA) is 41.6 Å². The van der Waals surface area contributed by atoms with Crippen LogP contribution in [0.15, 0.2) is 35.5 Å². The highest BCUT2D eigenvalue weighted by Crippen LogP contribution is 2.37. The Hall–Kier alpha value is -1.88. The molecular formula is C21H28N2O2S. The van der Waals surface area contributed by atoms with Crippen molar-refractivity contribution in [3.63, 3.8) is 0 Å². The van der Waals surface area contributed by atoms with Gasteiger partial charge in [0.1, 0.15) is 5.75 Å². The first-order valence-electron chi connectivity index (χ1n) is 9.72. The van der Waals surface area contributed by atoms with Gasteiger partial charge in [0.15, 0.2) is 10.9 Å². The summed E-state index contributed by atoms with van der Waals surface area (Å²) in [6.07, 6.45) is 5.64. The third-order valence-corrected chi connectivity index (χ3v) is 5.32. The Bertz CT molecular complexity index is 696. The molecule has 0 saturated heterocycles. The summed E-state index contributed by atoms with van der Waals surface area (Å²) in [4.78, 5) is 14.8. The Morgan fingerprint density at radius 1 is 1.19 bits per heavy atom. The van der Waals surface area contributed by atoms with Crippen LogP contribution in [0.3, 0.4) is 0 Å². The number of benzene rings is 1. The van der Waals surface area contributed by atoms with Gasteiger partial charge in [-0.25, -0.2) is 0 Å². The molecule has 1 unspecified atom stereocenters. The van der Waals surface area contributed by atoms with Crippen molar-refractivity contribution in [3.05, 3.63) is 41.1 Å². The predicted octanol–water partition coefficient (Wildman–Crippen LogP) is 4.51. The zero-order chi connectivity index (χ0) is 18.5. The average molecular weight is 373 g/mol. The van der Waals surface area contributed by atoms with E-state index in [1.54, 1.807) is 0 Å². The maximum absolute atomic E-state index is 12.7. The van der Waals surface area contributed by atoms with Gasteiger partial charge in [0.25, 0.3) is 0 Å². The van der Waals surface area contributed by atoms with E-state index in [0.717, 1.165) is 73.0 Å². The number of hydrogen-bond donors (Lipinski definition) is 1. The average Bonchev–Trinajstić information content (AvgIpc) is 2.65. The van der Waals surface area contributed by atoms with Gasteiger partial charge in [-0.15, -0.1) is 0 Å². The summed E-state index contributed by atoms with van der Waals surface area (Å²) in [5, 5.41) is 4.14. The van der Waals surface area contributed by atoms with E-state index in [0.29, 0.717) is 6.42 Å². The van der Waals surface area contributed by atoms with Gasteiger partial charge in [-0.3, -0.25) is 4.79 Å². The molecule has 0 fully saturated rings. The van der Waals surface area contributed by atoms with Crippen LogP contribution < -0.4 is 10.1 Å². The number of carbonyl (C=O) groups is 1. The maximum atomic E-state index is 12.7. The largest absolute Gasteiger partial charge is 0.494 e. The van der Waals surface area contributed by atoms with Crippen LogP contribution in [0, 0.1) is 0 Å². The molecule has 1 aliphatic heterocycles. The van der Waals surface area contributed by atoms with Crippen LogP contribution >= 0.6 is 12.2 Å². The summed E-state index contributed by atoms with van der Waals surface area (Å²) >= 11 is 5.62. The first kappa shape index (κ1) is 18.9. The standard InChI is InChI=1S/C21H28N2O2S/c1-3-5-14-25-16-11-9-15(10-12-16)20-19-17(7-6-8-18(19)24)23(13-4-2)21(26)22-20/h9-12,20H,3-8,13-14H2,1-2H3,(H,22,26). The van der Waals surface area contributed by atoms with Gasteiger partial charge in [0, 0.05) is 24.2 Å². The van der Waals surface area contributed by atoms with Gasteiger partial charge in [-0.1, -0.05) is 32.4 Å². The molecule has 1 atom stereocenters. The maximum Gasteiger partial charge on any atom is 0.173 e. The number of hydrogen-bond acceptors (Lipinski definition) is 3. The number of rotatable bonds is 7. The van der Waals surface area contributed by atoms with E-state index in [2.05, 4.69) is 24.1 Å². The molecule has 140 valence electrons. The molecule has 1 N–H and O–H groups in total. The van der Waals surface area contributed by atoms with Gasteiger partial charge in [0.2, 0.25) is 0 Å². The first-order chi connectivity index (χ1) is 12.7. The molecule has 1 heterocycles. The van der Waals surface area contributed by atoms with Gasteiger partial charge in [0.05, 0.1) is 12.6 Å². The summed E-state index contributed by atoms with van der Waals surface area (Å²) in [6, 6.07) is 7.92. The molecule has 1 aromatic carbocycles. The van der Waals surface area contributed by atoms with Crippen molar-refractivity contribution in [2.24, 2.45) is 0 Å². The molecule has 26 heavy (non-hydrogen) atoms. The molecule has 0 aromatic heterocycles.